The monoisotopic (exact) mass is 390 g/mol. The minimum atomic E-state index is -1.00. The van der Waals surface area contributed by atoms with Gasteiger partial charge in [-0.3, -0.25) is 0 Å². The summed E-state index contributed by atoms with van der Waals surface area (Å²) in [5, 5.41) is 26.6. The van der Waals surface area contributed by atoms with E-state index >= 15 is 0 Å². The number of halogens is 1. The molecule has 6 nitrogen and oxygen atoms in total. The van der Waals surface area contributed by atoms with E-state index in [0.29, 0.717) is 17.3 Å². The summed E-state index contributed by atoms with van der Waals surface area (Å²) in [6.07, 6.45) is 1.03. The topological polar surface area (TPSA) is 90.8 Å². The zero-order valence-corrected chi connectivity index (χ0v) is 15.6. The third kappa shape index (κ3) is 5.60. The molecule has 27 heavy (non-hydrogen) atoms. The van der Waals surface area contributed by atoms with Crippen molar-refractivity contribution in [3.05, 3.63) is 58.6 Å². The molecule has 2 aromatic rings. The number of anilines is 1. The standard InChI is InChI=1S/C20H23ClN2O4/c21-15-3-1-2-13(8-15)19(24)11-23-16-6-7-22-18-5-4-17(10-14(18)9-16)27-12-20(25)26/h1-5,8,10,16,19,22-24H,6-7,9,11-12H2,(H,25,26)/t16?,19-/m0/s1. The lowest BCUT2D eigenvalue weighted by atomic mass is 10.0. The largest absolute Gasteiger partial charge is 0.482 e. The van der Waals surface area contributed by atoms with Crippen LogP contribution in [0, 0.1) is 0 Å². The van der Waals surface area contributed by atoms with Crippen molar-refractivity contribution in [3.8, 4) is 5.75 Å². The fraction of sp³-hybridized carbons (Fsp3) is 0.350. The van der Waals surface area contributed by atoms with E-state index in [4.69, 9.17) is 21.4 Å². The second-order valence-corrected chi connectivity index (χ2v) is 7.03. The molecule has 4 N–H and O–H groups in total. The number of aliphatic carboxylic acids is 1. The van der Waals surface area contributed by atoms with Crippen LogP contribution in [0.25, 0.3) is 0 Å². The van der Waals surface area contributed by atoms with E-state index in [0.717, 1.165) is 36.2 Å². The Morgan fingerprint density at radius 2 is 2.19 bits per heavy atom. The summed E-state index contributed by atoms with van der Waals surface area (Å²) in [6, 6.07) is 13.0. The molecule has 1 unspecified atom stereocenters. The molecular weight excluding hydrogens is 368 g/mol. The van der Waals surface area contributed by atoms with Crippen LogP contribution in [0.3, 0.4) is 0 Å². The van der Waals surface area contributed by atoms with Crippen LogP contribution in [0.5, 0.6) is 5.75 Å². The van der Waals surface area contributed by atoms with Crippen LogP contribution in [0.4, 0.5) is 5.69 Å². The number of rotatable bonds is 7. The van der Waals surface area contributed by atoms with E-state index in [2.05, 4.69) is 10.6 Å². The van der Waals surface area contributed by atoms with E-state index in [1.54, 1.807) is 18.2 Å². The smallest absolute Gasteiger partial charge is 0.341 e. The number of carbonyl (C=O) groups is 1. The number of nitrogens with one attached hydrogen (secondary N) is 2. The molecular formula is C20H23ClN2O4. The van der Waals surface area contributed by atoms with Crippen molar-refractivity contribution >= 4 is 23.3 Å². The second-order valence-electron chi connectivity index (χ2n) is 6.60. The van der Waals surface area contributed by atoms with Gasteiger partial charge in [-0.1, -0.05) is 23.7 Å². The van der Waals surface area contributed by atoms with Crippen LogP contribution in [-0.2, 0) is 11.2 Å². The predicted molar refractivity (Wildman–Crippen MR) is 105 cm³/mol. The first-order chi connectivity index (χ1) is 13.0. The third-order valence-corrected chi connectivity index (χ3v) is 4.78. The van der Waals surface area contributed by atoms with Crippen LogP contribution < -0.4 is 15.4 Å². The van der Waals surface area contributed by atoms with Gasteiger partial charge in [0.25, 0.3) is 0 Å². The van der Waals surface area contributed by atoms with Crippen molar-refractivity contribution in [2.24, 2.45) is 0 Å². The van der Waals surface area contributed by atoms with Gasteiger partial charge in [0, 0.05) is 29.8 Å². The molecule has 3 rings (SSSR count). The minimum absolute atomic E-state index is 0.183. The van der Waals surface area contributed by atoms with Gasteiger partial charge in [-0.05, 0) is 54.3 Å². The van der Waals surface area contributed by atoms with Crippen LogP contribution in [0.1, 0.15) is 23.7 Å². The molecule has 0 saturated carbocycles. The number of hydrogen-bond donors (Lipinski definition) is 4. The number of aliphatic hydroxyl groups is 1. The Morgan fingerprint density at radius 3 is 2.96 bits per heavy atom. The molecule has 1 aliphatic heterocycles. The lowest BCUT2D eigenvalue weighted by molar-refractivity contribution is -0.139. The summed E-state index contributed by atoms with van der Waals surface area (Å²) in [4.78, 5) is 10.7. The number of hydrogen-bond acceptors (Lipinski definition) is 5. The van der Waals surface area contributed by atoms with Gasteiger partial charge in [0.2, 0.25) is 0 Å². The molecule has 0 aromatic heterocycles. The first kappa shape index (κ1) is 19.5. The maximum absolute atomic E-state index is 10.7. The van der Waals surface area contributed by atoms with Crippen molar-refractivity contribution in [3.63, 3.8) is 0 Å². The van der Waals surface area contributed by atoms with Crippen LogP contribution in [-0.4, -0.2) is 41.9 Å². The minimum Gasteiger partial charge on any atom is -0.482 e. The quantitative estimate of drug-likeness (QED) is 0.581. The highest BCUT2D eigenvalue weighted by atomic mass is 35.5. The van der Waals surface area contributed by atoms with E-state index in [-0.39, 0.29) is 12.6 Å². The Labute approximate surface area is 163 Å². The average Bonchev–Trinajstić information content (AvgIpc) is 2.85. The molecule has 0 radical (unpaired) electrons. The van der Waals surface area contributed by atoms with E-state index < -0.39 is 12.1 Å². The number of carboxylic acids is 1. The number of benzene rings is 2. The van der Waals surface area contributed by atoms with Gasteiger partial charge >= 0.3 is 5.97 Å². The average molecular weight is 391 g/mol. The van der Waals surface area contributed by atoms with Crippen molar-refractivity contribution in [2.75, 3.05) is 25.0 Å². The summed E-state index contributed by atoms with van der Waals surface area (Å²) in [5.74, 6) is -0.463. The van der Waals surface area contributed by atoms with E-state index in [9.17, 15) is 9.90 Å². The predicted octanol–water partition coefficient (Wildman–Crippen LogP) is 2.85. The molecule has 7 heteroatoms. The fourth-order valence-electron chi connectivity index (χ4n) is 3.18. The SMILES string of the molecule is O=C(O)COc1ccc2c(c1)CC(NC[C@H](O)c1cccc(Cl)c1)CCN2. The van der Waals surface area contributed by atoms with E-state index in [1.807, 2.05) is 24.3 Å². The van der Waals surface area contributed by atoms with Crippen LogP contribution in [0.15, 0.2) is 42.5 Å². The molecule has 0 saturated heterocycles. The maximum Gasteiger partial charge on any atom is 0.341 e. The third-order valence-electron chi connectivity index (χ3n) is 4.55. The molecule has 2 aromatic carbocycles. The molecule has 1 aliphatic rings. The first-order valence-corrected chi connectivity index (χ1v) is 9.27. The number of aliphatic hydroxyl groups excluding tert-OH is 1. The molecule has 0 amide bonds. The van der Waals surface area contributed by atoms with Gasteiger partial charge in [-0.25, -0.2) is 4.79 Å². The second kappa shape index (κ2) is 9.08. The number of fused-ring (bicyclic) bond motifs is 1. The molecule has 1 heterocycles. The summed E-state index contributed by atoms with van der Waals surface area (Å²) in [7, 11) is 0. The molecule has 0 fully saturated rings. The Morgan fingerprint density at radius 1 is 1.33 bits per heavy atom. The van der Waals surface area contributed by atoms with Crippen molar-refractivity contribution < 1.29 is 19.7 Å². The van der Waals surface area contributed by atoms with Gasteiger partial charge < -0.3 is 25.6 Å². The number of carboxylic acid groups (broad SMARTS) is 1. The Balaban J connectivity index is 1.61. The Bertz CT molecular complexity index is 799. The van der Waals surface area contributed by atoms with Gasteiger partial charge in [0.05, 0.1) is 6.10 Å². The summed E-state index contributed by atoms with van der Waals surface area (Å²) in [5.41, 5.74) is 2.87. The fourth-order valence-corrected chi connectivity index (χ4v) is 3.38. The summed E-state index contributed by atoms with van der Waals surface area (Å²) in [6.45, 7) is 0.878. The molecule has 0 aliphatic carbocycles. The normalized spacial score (nSPS) is 17.3. The molecule has 0 bridgehead atoms. The van der Waals surface area contributed by atoms with Crippen molar-refractivity contribution in [2.45, 2.75) is 25.0 Å². The molecule has 2 atom stereocenters. The highest BCUT2D eigenvalue weighted by Gasteiger charge is 2.18. The first-order valence-electron chi connectivity index (χ1n) is 8.89. The van der Waals surface area contributed by atoms with E-state index in [1.165, 1.54) is 0 Å². The zero-order chi connectivity index (χ0) is 19.2. The highest BCUT2D eigenvalue weighted by molar-refractivity contribution is 6.30. The lowest BCUT2D eigenvalue weighted by Gasteiger charge is -2.20. The molecule has 144 valence electrons. The summed E-state index contributed by atoms with van der Waals surface area (Å²) >= 11 is 5.99. The van der Waals surface area contributed by atoms with Crippen LogP contribution in [0.2, 0.25) is 5.02 Å². The highest BCUT2D eigenvalue weighted by Crippen LogP contribution is 2.26. The Kier molecular flexibility index (Phi) is 6.55. The Hall–Kier alpha value is -2.28. The van der Waals surface area contributed by atoms with Gasteiger partial charge in [-0.2, -0.15) is 0 Å². The maximum atomic E-state index is 10.7. The van der Waals surface area contributed by atoms with Gasteiger partial charge in [0.1, 0.15) is 5.75 Å². The van der Waals surface area contributed by atoms with Crippen molar-refractivity contribution in [1.29, 1.82) is 0 Å². The van der Waals surface area contributed by atoms with Crippen molar-refractivity contribution in [1.82, 2.24) is 5.32 Å². The van der Waals surface area contributed by atoms with Crippen LogP contribution >= 0.6 is 11.6 Å². The lowest BCUT2D eigenvalue weighted by Crippen LogP contribution is -2.34. The zero-order valence-electron chi connectivity index (χ0n) is 14.8. The summed E-state index contributed by atoms with van der Waals surface area (Å²) < 4.78 is 5.28. The van der Waals surface area contributed by atoms with Gasteiger partial charge in [0.15, 0.2) is 6.61 Å². The number of ether oxygens (including phenoxy) is 1. The molecule has 0 spiro atoms. The van der Waals surface area contributed by atoms with Gasteiger partial charge in [-0.15, -0.1) is 0 Å².